The molecule has 1 N–H and O–H groups in total. The molecule has 1 saturated heterocycles. The molecule has 13 heavy (non-hydrogen) atoms. The molecule has 1 rings (SSSR count). The van der Waals surface area contributed by atoms with Gasteiger partial charge in [-0.3, -0.25) is 4.79 Å². The molecule has 0 aromatic carbocycles. The lowest BCUT2D eigenvalue weighted by Gasteiger charge is -2.29. The van der Waals surface area contributed by atoms with Crippen LogP contribution in [0.15, 0.2) is 0 Å². The SMILES string of the molecule is CCC(NC)C(=O)N1CCCCC1. The number of likely N-dealkylation sites (N-methyl/N-ethyl adjacent to an activating group) is 1. The molecule has 0 spiro atoms. The topological polar surface area (TPSA) is 32.3 Å². The van der Waals surface area contributed by atoms with Gasteiger partial charge in [0.15, 0.2) is 0 Å². The molecule has 1 heterocycles. The normalized spacial score (nSPS) is 20.0. The fourth-order valence-corrected chi connectivity index (χ4v) is 1.84. The molecule has 0 aromatic rings. The van der Waals surface area contributed by atoms with Crippen LogP contribution in [0.1, 0.15) is 32.6 Å². The van der Waals surface area contributed by atoms with Gasteiger partial charge in [0.1, 0.15) is 0 Å². The van der Waals surface area contributed by atoms with Gasteiger partial charge < -0.3 is 10.2 Å². The Morgan fingerprint density at radius 1 is 1.38 bits per heavy atom. The van der Waals surface area contributed by atoms with Crippen LogP contribution in [-0.2, 0) is 4.79 Å². The minimum Gasteiger partial charge on any atom is -0.341 e. The maximum Gasteiger partial charge on any atom is 0.239 e. The lowest BCUT2D eigenvalue weighted by atomic mass is 10.1. The summed E-state index contributed by atoms with van der Waals surface area (Å²) < 4.78 is 0. The van der Waals surface area contributed by atoms with E-state index < -0.39 is 0 Å². The second-order valence-corrected chi connectivity index (χ2v) is 3.64. The molecule has 0 bridgehead atoms. The van der Waals surface area contributed by atoms with Crippen molar-refractivity contribution in [1.29, 1.82) is 0 Å². The van der Waals surface area contributed by atoms with E-state index in [-0.39, 0.29) is 11.9 Å². The quantitative estimate of drug-likeness (QED) is 0.709. The molecule has 0 aromatic heterocycles. The molecular weight excluding hydrogens is 164 g/mol. The molecular formula is C10H20N2O. The molecule has 1 aliphatic rings. The molecule has 1 fully saturated rings. The second kappa shape index (κ2) is 5.22. The summed E-state index contributed by atoms with van der Waals surface area (Å²) in [5, 5.41) is 3.06. The van der Waals surface area contributed by atoms with E-state index in [1.165, 1.54) is 19.3 Å². The number of nitrogens with zero attached hydrogens (tertiary/aromatic N) is 1. The lowest BCUT2D eigenvalue weighted by molar-refractivity contribution is -0.134. The molecule has 0 radical (unpaired) electrons. The average molecular weight is 184 g/mol. The highest BCUT2D eigenvalue weighted by Crippen LogP contribution is 2.10. The van der Waals surface area contributed by atoms with E-state index in [1.807, 2.05) is 18.9 Å². The molecule has 1 aliphatic heterocycles. The highest BCUT2D eigenvalue weighted by Gasteiger charge is 2.22. The van der Waals surface area contributed by atoms with Crippen molar-refractivity contribution in [3.05, 3.63) is 0 Å². The van der Waals surface area contributed by atoms with Crippen molar-refractivity contribution in [2.24, 2.45) is 0 Å². The van der Waals surface area contributed by atoms with Crippen LogP contribution in [0, 0.1) is 0 Å². The van der Waals surface area contributed by atoms with Gasteiger partial charge in [-0.25, -0.2) is 0 Å². The minimum atomic E-state index is 0.0260. The third kappa shape index (κ3) is 2.69. The summed E-state index contributed by atoms with van der Waals surface area (Å²) in [6.07, 6.45) is 4.50. The molecule has 1 atom stereocenters. The van der Waals surface area contributed by atoms with Crippen LogP contribution in [0.25, 0.3) is 0 Å². The third-order valence-corrected chi connectivity index (χ3v) is 2.72. The monoisotopic (exact) mass is 184 g/mol. The van der Waals surface area contributed by atoms with Gasteiger partial charge in [-0.05, 0) is 32.7 Å². The molecule has 3 heteroatoms. The van der Waals surface area contributed by atoms with Gasteiger partial charge in [0.2, 0.25) is 5.91 Å². The standard InChI is InChI=1S/C10H20N2O/c1-3-9(11-2)10(13)12-7-5-4-6-8-12/h9,11H,3-8H2,1-2H3. The van der Waals surface area contributed by atoms with Gasteiger partial charge >= 0.3 is 0 Å². The zero-order chi connectivity index (χ0) is 9.68. The average Bonchev–Trinajstić information content (AvgIpc) is 2.21. The second-order valence-electron chi connectivity index (χ2n) is 3.64. The maximum atomic E-state index is 11.8. The Morgan fingerprint density at radius 3 is 2.46 bits per heavy atom. The Morgan fingerprint density at radius 2 is 2.00 bits per heavy atom. The molecule has 76 valence electrons. The Bertz CT molecular complexity index is 160. The third-order valence-electron chi connectivity index (χ3n) is 2.72. The van der Waals surface area contributed by atoms with E-state index in [2.05, 4.69) is 5.32 Å². The number of rotatable bonds is 3. The van der Waals surface area contributed by atoms with Gasteiger partial charge in [0.05, 0.1) is 6.04 Å². The molecule has 0 aliphatic carbocycles. The highest BCUT2D eigenvalue weighted by molar-refractivity contribution is 5.81. The first-order chi connectivity index (χ1) is 6.29. The summed E-state index contributed by atoms with van der Waals surface area (Å²) in [6.45, 7) is 3.96. The fraction of sp³-hybridized carbons (Fsp3) is 0.900. The lowest BCUT2D eigenvalue weighted by Crippen LogP contribution is -2.46. The summed E-state index contributed by atoms with van der Waals surface area (Å²) in [4.78, 5) is 13.8. The van der Waals surface area contributed by atoms with E-state index in [0.29, 0.717) is 0 Å². The number of hydrogen-bond donors (Lipinski definition) is 1. The van der Waals surface area contributed by atoms with Crippen LogP contribution in [0.2, 0.25) is 0 Å². The zero-order valence-corrected chi connectivity index (χ0v) is 8.68. The van der Waals surface area contributed by atoms with Gasteiger partial charge in [-0.1, -0.05) is 6.92 Å². The van der Waals surface area contributed by atoms with Crippen molar-refractivity contribution >= 4 is 5.91 Å². The number of hydrogen-bond acceptors (Lipinski definition) is 2. The van der Waals surface area contributed by atoms with Crippen LogP contribution in [0.3, 0.4) is 0 Å². The Hall–Kier alpha value is -0.570. The minimum absolute atomic E-state index is 0.0260. The first-order valence-electron chi connectivity index (χ1n) is 5.25. The zero-order valence-electron chi connectivity index (χ0n) is 8.68. The fourth-order valence-electron chi connectivity index (χ4n) is 1.84. The van der Waals surface area contributed by atoms with Gasteiger partial charge in [-0.15, -0.1) is 0 Å². The predicted molar refractivity (Wildman–Crippen MR) is 53.6 cm³/mol. The van der Waals surface area contributed by atoms with Crippen molar-refractivity contribution in [1.82, 2.24) is 10.2 Å². The van der Waals surface area contributed by atoms with E-state index in [9.17, 15) is 4.79 Å². The number of piperidine rings is 1. The Labute approximate surface area is 80.5 Å². The molecule has 1 amide bonds. The van der Waals surface area contributed by atoms with Crippen LogP contribution in [0.5, 0.6) is 0 Å². The van der Waals surface area contributed by atoms with Crippen LogP contribution < -0.4 is 5.32 Å². The van der Waals surface area contributed by atoms with E-state index >= 15 is 0 Å². The van der Waals surface area contributed by atoms with Crippen molar-refractivity contribution in [2.45, 2.75) is 38.6 Å². The predicted octanol–water partition coefficient (Wildman–Crippen LogP) is 0.997. The summed E-state index contributed by atoms with van der Waals surface area (Å²) in [7, 11) is 1.86. The molecule has 0 saturated carbocycles. The van der Waals surface area contributed by atoms with Gasteiger partial charge in [0, 0.05) is 13.1 Å². The smallest absolute Gasteiger partial charge is 0.239 e. The Balaban J connectivity index is 2.44. The summed E-state index contributed by atoms with van der Waals surface area (Å²) in [5.41, 5.74) is 0. The number of likely N-dealkylation sites (tertiary alicyclic amines) is 1. The van der Waals surface area contributed by atoms with Crippen molar-refractivity contribution in [3.8, 4) is 0 Å². The summed E-state index contributed by atoms with van der Waals surface area (Å²) >= 11 is 0. The van der Waals surface area contributed by atoms with Crippen LogP contribution in [0.4, 0.5) is 0 Å². The van der Waals surface area contributed by atoms with Gasteiger partial charge in [-0.2, -0.15) is 0 Å². The maximum absolute atomic E-state index is 11.8. The number of nitrogens with one attached hydrogen (secondary N) is 1. The van der Waals surface area contributed by atoms with Crippen LogP contribution >= 0.6 is 0 Å². The summed E-state index contributed by atoms with van der Waals surface area (Å²) in [5.74, 6) is 0.282. The van der Waals surface area contributed by atoms with Crippen molar-refractivity contribution in [3.63, 3.8) is 0 Å². The van der Waals surface area contributed by atoms with E-state index in [0.717, 1.165) is 19.5 Å². The highest BCUT2D eigenvalue weighted by atomic mass is 16.2. The van der Waals surface area contributed by atoms with Crippen molar-refractivity contribution < 1.29 is 4.79 Å². The number of carbonyl (C=O) groups is 1. The first kappa shape index (κ1) is 10.5. The Kier molecular flexibility index (Phi) is 4.22. The van der Waals surface area contributed by atoms with Crippen molar-refractivity contribution in [2.75, 3.05) is 20.1 Å². The first-order valence-corrected chi connectivity index (χ1v) is 5.25. The van der Waals surface area contributed by atoms with E-state index in [4.69, 9.17) is 0 Å². The van der Waals surface area contributed by atoms with E-state index in [1.54, 1.807) is 0 Å². The largest absolute Gasteiger partial charge is 0.341 e. The number of carbonyl (C=O) groups excluding carboxylic acids is 1. The van der Waals surface area contributed by atoms with Gasteiger partial charge in [0.25, 0.3) is 0 Å². The summed E-state index contributed by atoms with van der Waals surface area (Å²) in [6, 6.07) is 0.0260. The molecule has 1 unspecified atom stereocenters. The molecule has 3 nitrogen and oxygen atoms in total. The van der Waals surface area contributed by atoms with Crippen LogP contribution in [-0.4, -0.2) is 37.0 Å². The number of amides is 1.